The van der Waals surface area contributed by atoms with Crippen LogP contribution >= 0.6 is 11.6 Å². The summed E-state index contributed by atoms with van der Waals surface area (Å²) in [6.45, 7) is 2.02. The second-order valence-corrected chi connectivity index (χ2v) is 4.39. The van der Waals surface area contributed by atoms with Crippen molar-refractivity contribution < 1.29 is 9.47 Å². The van der Waals surface area contributed by atoms with E-state index in [0.717, 1.165) is 23.2 Å². The van der Waals surface area contributed by atoms with Gasteiger partial charge in [0.1, 0.15) is 5.82 Å². The van der Waals surface area contributed by atoms with Gasteiger partial charge in [0.05, 0.1) is 24.9 Å². The first kappa shape index (κ1) is 13.5. The van der Waals surface area contributed by atoms with Crippen molar-refractivity contribution in [1.29, 1.82) is 0 Å². The van der Waals surface area contributed by atoms with E-state index in [0.29, 0.717) is 22.3 Å². The summed E-state index contributed by atoms with van der Waals surface area (Å²) in [5.74, 6) is 1.55. The van der Waals surface area contributed by atoms with Gasteiger partial charge in [0.25, 0.3) is 0 Å². The molecule has 0 saturated carbocycles. The normalized spacial score (nSPS) is 10.5. The van der Waals surface area contributed by atoms with Crippen molar-refractivity contribution in [1.82, 2.24) is 10.2 Å². The SMILES string of the molecule is CCc1c(-c2cc(N)n[nH]2)cc(OC)c(OC)c1Cl. The fraction of sp³-hybridized carbons (Fsp3) is 0.308. The summed E-state index contributed by atoms with van der Waals surface area (Å²) < 4.78 is 10.6. The van der Waals surface area contributed by atoms with E-state index < -0.39 is 0 Å². The second kappa shape index (κ2) is 5.40. The summed E-state index contributed by atoms with van der Waals surface area (Å²) in [5, 5.41) is 7.36. The van der Waals surface area contributed by atoms with Gasteiger partial charge in [0.2, 0.25) is 0 Å². The van der Waals surface area contributed by atoms with E-state index in [9.17, 15) is 0 Å². The molecule has 19 heavy (non-hydrogen) atoms. The van der Waals surface area contributed by atoms with Crippen molar-refractivity contribution in [3.8, 4) is 22.8 Å². The van der Waals surface area contributed by atoms with Crippen LogP contribution in [-0.4, -0.2) is 24.4 Å². The average molecular weight is 282 g/mol. The number of aromatic nitrogens is 2. The van der Waals surface area contributed by atoms with Gasteiger partial charge in [0.15, 0.2) is 11.5 Å². The summed E-state index contributed by atoms with van der Waals surface area (Å²) in [6, 6.07) is 3.63. The smallest absolute Gasteiger partial charge is 0.179 e. The molecule has 0 atom stereocenters. The number of anilines is 1. The van der Waals surface area contributed by atoms with Crippen LogP contribution in [-0.2, 0) is 6.42 Å². The number of methoxy groups -OCH3 is 2. The number of aromatic amines is 1. The van der Waals surface area contributed by atoms with Crippen molar-refractivity contribution in [3.63, 3.8) is 0 Å². The number of nitrogens with two attached hydrogens (primary N) is 1. The van der Waals surface area contributed by atoms with Crippen LogP contribution in [0.15, 0.2) is 12.1 Å². The number of nitrogens with one attached hydrogen (secondary N) is 1. The Labute approximate surface area is 116 Å². The number of hydrogen-bond acceptors (Lipinski definition) is 4. The van der Waals surface area contributed by atoms with Crippen LogP contribution in [0.5, 0.6) is 11.5 Å². The highest BCUT2D eigenvalue weighted by atomic mass is 35.5. The van der Waals surface area contributed by atoms with Crippen molar-refractivity contribution in [2.24, 2.45) is 0 Å². The number of ether oxygens (including phenoxy) is 2. The van der Waals surface area contributed by atoms with Gasteiger partial charge < -0.3 is 15.2 Å². The Morgan fingerprint density at radius 1 is 1.32 bits per heavy atom. The number of nitrogens with zero attached hydrogens (tertiary/aromatic N) is 1. The van der Waals surface area contributed by atoms with Crippen LogP contribution in [0, 0.1) is 0 Å². The first-order chi connectivity index (χ1) is 9.12. The molecule has 0 fully saturated rings. The Morgan fingerprint density at radius 3 is 2.53 bits per heavy atom. The van der Waals surface area contributed by atoms with Gasteiger partial charge in [-0.2, -0.15) is 5.10 Å². The molecule has 0 saturated heterocycles. The lowest BCUT2D eigenvalue weighted by molar-refractivity contribution is 0.355. The third kappa shape index (κ3) is 2.33. The molecular weight excluding hydrogens is 266 g/mol. The van der Waals surface area contributed by atoms with Crippen LogP contribution in [0.3, 0.4) is 0 Å². The largest absolute Gasteiger partial charge is 0.493 e. The van der Waals surface area contributed by atoms with Crippen molar-refractivity contribution >= 4 is 17.4 Å². The fourth-order valence-electron chi connectivity index (χ4n) is 2.05. The molecule has 0 aliphatic carbocycles. The van der Waals surface area contributed by atoms with Crippen LogP contribution in [0.2, 0.25) is 5.02 Å². The predicted octanol–water partition coefficient (Wildman–Crippen LogP) is 2.89. The maximum Gasteiger partial charge on any atom is 0.179 e. The molecule has 0 aliphatic rings. The van der Waals surface area contributed by atoms with Crippen LogP contribution in [0.4, 0.5) is 5.82 Å². The molecule has 102 valence electrons. The molecule has 5 nitrogen and oxygen atoms in total. The molecule has 2 rings (SSSR count). The molecule has 0 unspecified atom stereocenters. The van der Waals surface area contributed by atoms with Crippen LogP contribution < -0.4 is 15.2 Å². The molecule has 1 aromatic carbocycles. The zero-order valence-electron chi connectivity index (χ0n) is 11.1. The minimum Gasteiger partial charge on any atom is -0.493 e. The predicted molar refractivity (Wildman–Crippen MR) is 75.9 cm³/mol. The molecule has 2 aromatic rings. The summed E-state index contributed by atoms with van der Waals surface area (Å²) in [5.41, 5.74) is 8.32. The molecule has 6 heteroatoms. The number of H-pyrrole nitrogens is 1. The molecule has 3 N–H and O–H groups in total. The Balaban J connectivity index is 2.69. The van der Waals surface area contributed by atoms with Gasteiger partial charge in [-0.15, -0.1) is 0 Å². The van der Waals surface area contributed by atoms with Gasteiger partial charge in [-0.3, -0.25) is 5.10 Å². The van der Waals surface area contributed by atoms with E-state index in [2.05, 4.69) is 10.2 Å². The summed E-state index contributed by atoms with van der Waals surface area (Å²) in [6.07, 6.45) is 0.757. The molecular formula is C13H16ClN3O2. The Bertz CT molecular complexity index is 596. The lowest BCUT2D eigenvalue weighted by atomic mass is 10.0. The maximum atomic E-state index is 6.38. The zero-order valence-corrected chi connectivity index (χ0v) is 11.8. The summed E-state index contributed by atoms with van der Waals surface area (Å²) >= 11 is 6.38. The molecule has 0 aliphatic heterocycles. The first-order valence-corrected chi connectivity index (χ1v) is 6.24. The minimum absolute atomic E-state index is 0.433. The third-order valence-corrected chi connectivity index (χ3v) is 3.35. The second-order valence-electron chi connectivity index (χ2n) is 4.01. The quantitative estimate of drug-likeness (QED) is 0.904. The van der Waals surface area contributed by atoms with Gasteiger partial charge in [0, 0.05) is 11.6 Å². The number of benzene rings is 1. The Morgan fingerprint density at radius 2 is 2.05 bits per heavy atom. The zero-order chi connectivity index (χ0) is 14.0. The maximum absolute atomic E-state index is 6.38. The third-order valence-electron chi connectivity index (χ3n) is 2.95. The summed E-state index contributed by atoms with van der Waals surface area (Å²) in [7, 11) is 3.14. The molecule has 0 amide bonds. The molecule has 0 bridgehead atoms. The lowest BCUT2D eigenvalue weighted by Crippen LogP contribution is -1.97. The van der Waals surface area contributed by atoms with Gasteiger partial charge in [-0.1, -0.05) is 18.5 Å². The van der Waals surface area contributed by atoms with Crippen molar-refractivity contribution in [2.75, 3.05) is 20.0 Å². The molecule has 1 aromatic heterocycles. The van der Waals surface area contributed by atoms with Gasteiger partial charge >= 0.3 is 0 Å². The Kier molecular flexibility index (Phi) is 3.85. The van der Waals surface area contributed by atoms with E-state index in [1.54, 1.807) is 20.3 Å². The standard InChI is InChI=1S/C13H16ClN3O2/c1-4-7-8(9-6-11(15)17-16-9)5-10(18-2)13(19-3)12(7)14/h5-6H,4H2,1-3H3,(H3,15,16,17). The number of halogens is 1. The number of hydrogen-bond donors (Lipinski definition) is 2. The Hall–Kier alpha value is -1.88. The van der Waals surface area contributed by atoms with Gasteiger partial charge in [-0.05, 0) is 18.1 Å². The fourth-order valence-corrected chi connectivity index (χ4v) is 2.46. The topological polar surface area (TPSA) is 73.2 Å². The monoisotopic (exact) mass is 281 g/mol. The van der Waals surface area contributed by atoms with Crippen LogP contribution in [0.25, 0.3) is 11.3 Å². The van der Waals surface area contributed by atoms with Crippen LogP contribution in [0.1, 0.15) is 12.5 Å². The average Bonchev–Trinajstić information content (AvgIpc) is 2.84. The van der Waals surface area contributed by atoms with Crippen molar-refractivity contribution in [2.45, 2.75) is 13.3 Å². The van der Waals surface area contributed by atoms with Gasteiger partial charge in [-0.25, -0.2) is 0 Å². The van der Waals surface area contributed by atoms with E-state index in [1.807, 2.05) is 13.0 Å². The lowest BCUT2D eigenvalue weighted by Gasteiger charge is -2.15. The highest BCUT2D eigenvalue weighted by Gasteiger charge is 2.19. The number of nitrogen functional groups attached to an aromatic ring is 1. The van der Waals surface area contributed by atoms with Crippen molar-refractivity contribution in [3.05, 3.63) is 22.7 Å². The highest BCUT2D eigenvalue weighted by molar-refractivity contribution is 6.33. The minimum atomic E-state index is 0.433. The molecule has 1 heterocycles. The summed E-state index contributed by atoms with van der Waals surface area (Å²) in [4.78, 5) is 0. The first-order valence-electron chi connectivity index (χ1n) is 5.86. The molecule has 0 radical (unpaired) electrons. The van der Waals surface area contributed by atoms with E-state index in [1.165, 1.54) is 0 Å². The highest BCUT2D eigenvalue weighted by Crippen LogP contribution is 2.43. The van der Waals surface area contributed by atoms with E-state index in [4.69, 9.17) is 26.8 Å². The van der Waals surface area contributed by atoms with E-state index in [-0.39, 0.29) is 0 Å². The van der Waals surface area contributed by atoms with E-state index >= 15 is 0 Å². The molecule has 0 spiro atoms. The number of rotatable bonds is 4.